The summed E-state index contributed by atoms with van der Waals surface area (Å²) in [7, 11) is 0. The maximum absolute atomic E-state index is 11.6. The second-order valence-electron chi connectivity index (χ2n) is 4.81. The normalized spacial score (nSPS) is 12.8. The summed E-state index contributed by atoms with van der Waals surface area (Å²) in [6.45, 7) is 1.20. The average Bonchev–Trinajstić information content (AvgIpc) is 2.90. The lowest BCUT2D eigenvalue weighted by Gasteiger charge is -2.11. The summed E-state index contributed by atoms with van der Waals surface area (Å²) in [6, 6.07) is 13.3. The number of carbonyl (C=O) groups is 1. The van der Waals surface area contributed by atoms with E-state index in [1.807, 2.05) is 30.3 Å². The predicted octanol–water partition coefficient (Wildman–Crippen LogP) is 2.25. The summed E-state index contributed by atoms with van der Waals surface area (Å²) < 4.78 is 0. The molecule has 2 N–H and O–H groups in total. The standard InChI is InChI=1S/C16H13N3O/c17-10-19-8-11-4-3-7-13(15(11)9-19)12-5-1-2-6-14(12)16(18)20/h1-7H,8-9H2,(H2,18,20). The van der Waals surface area contributed by atoms with Crippen molar-refractivity contribution in [3.05, 3.63) is 59.2 Å². The molecule has 2 aromatic carbocycles. The molecule has 0 aliphatic carbocycles. The first-order valence-corrected chi connectivity index (χ1v) is 6.35. The molecular formula is C16H13N3O. The van der Waals surface area contributed by atoms with E-state index in [9.17, 15) is 4.79 Å². The number of nitrogens with two attached hydrogens (primary N) is 1. The van der Waals surface area contributed by atoms with Crippen LogP contribution in [0.1, 0.15) is 21.5 Å². The first-order valence-electron chi connectivity index (χ1n) is 6.35. The third-order valence-corrected chi connectivity index (χ3v) is 3.61. The summed E-state index contributed by atoms with van der Waals surface area (Å²) in [5, 5.41) is 9.04. The molecule has 98 valence electrons. The Labute approximate surface area is 117 Å². The summed E-state index contributed by atoms with van der Waals surface area (Å²) in [5.74, 6) is -0.437. The van der Waals surface area contributed by atoms with Gasteiger partial charge in [-0.2, -0.15) is 5.26 Å². The van der Waals surface area contributed by atoms with Gasteiger partial charge in [0.05, 0.1) is 13.1 Å². The molecule has 0 fully saturated rings. The Bertz CT molecular complexity index is 731. The highest BCUT2D eigenvalue weighted by molar-refractivity contribution is 6.00. The van der Waals surface area contributed by atoms with E-state index in [0.29, 0.717) is 18.7 Å². The Balaban J connectivity index is 2.17. The lowest BCUT2D eigenvalue weighted by Crippen LogP contribution is -2.12. The molecule has 0 atom stereocenters. The maximum Gasteiger partial charge on any atom is 0.249 e. The van der Waals surface area contributed by atoms with Crippen molar-refractivity contribution in [2.45, 2.75) is 13.1 Å². The number of primary amides is 1. The molecule has 0 aromatic heterocycles. The van der Waals surface area contributed by atoms with Crippen molar-refractivity contribution in [3.8, 4) is 17.3 Å². The number of hydrogen-bond acceptors (Lipinski definition) is 3. The number of fused-ring (bicyclic) bond motifs is 1. The zero-order chi connectivity index (χ0) is 14.1. The SMILES string of the molecule is N#CN1Cc2cccc(-c3ccccc3C(N)=O)c2C1. The maximum atomic E-state index is 11.6. The van der Waals surface area contributed by atoms with Gasteiger partial charge in [-0.3, -0.25) is 4.79 Å². The summed E-state index contributed by atoms with van der Waals surface area (Å²) in [6.07, 6.45) is 2.17. The molecule has 1 aliphatic heterocycles. The number of rotatable bonds is 2. The second-order valence-corrected chi connectivity index (χ2v) is 4.81. The molecule has 1 amide bonds. The van der Waals surface area contributed by atoms with Crippen LogP contribution < -0.4 is 5.73 Å². The molecule has 3 rings (SSSR count). The summed E-state index contributed by atoms with van der Waals surface area (Å²) in [5.41, 5.74) is 10.00. The molecule has 1 aliphatic rings. The molecule has 20 heavy (non-hydrogen) atoms. The highest BCUT2D eigenvalue weighted by Gasteiger charge is 2.22. The van der Waals surface area contributed by atoms with E-state index >= 15 is 0 Å². The van der Waals surface area contributed by atoms with Crippen LogP contribution in [0.4, 0.5) is 0 Å². The molecule has 2 aromatic rings. The highest BCUT2D eigenvalue weighted by Crippen LogP contribution is 2.33. The van der Waals surface area contributed by atoms with Gasteiger partial charge >= 0.3 is 0 Å². The Kier molecular flexibility index (Phi) is 2.88. The molecule has 0 spiro atoms. The van der Waals surface area contributed by atoms with Gasteiger partial charge in [0.2, 0.25) is 5.91 Å². The molecule has 0 saturated carbocycles. The first kappa shape index (κ1) is 12.2. The van der Waals surface area contributed by atoms with E-state index in [2.05, 4.69) is 6.19 Å². The summed E-state index contributed by atoms with van der Waals surface area (Å²) in [4.78, 5) is 13.3. The van der Waals surface area contributed by atoms with E-state index in [0.717, 1.165) is 22.3 Å². The number of carbonyl (C=O) groups excluding carboxylic acids is 1. The molecule has 0 radical (unpaired) electrons. The minimum absolute atomic E-state index is 0.437. The highest BCUT2D eigenvalue weighted by atomic mass is 16.1. The Morgan fingerprint density at radius 1 is 1.10 bits per heavy atom. The molecule has 4 nitrogen and oxygen atoms in total. The largest absolute Gasteiger partial charge is 0.366 e. The Morgan fingerprint density at radius 3 is 2.60 bits per heavy atom. The van der Waals surface area contributed by atoms with E-state index < -0.39 is 5.91 Å². The van der Waals surface area contributed by atoms with E-state index in [-0.39, 0.29) is 0 Å². The van der Waals surface area contributed by atoms with Crippen LogP contribution in [0.2, 0.25) is 0 Å². The molecule has 4 heteroatoms. The number of nitriles is 1. The quantitative estimate of drug-likeness (QED) is 0.845. The lowest BCUT2D eigenvalue weighted by molar-refractivity contribution is 0.100. The van der Waals surface area contributed by atoms with Gasteiger partial charge in [0.25, 0.3) is 0 Å². The van der Waals surface area contributed by atoms with Crippen molar-refractivity contribution >= 4 is 5.91 Å². The van der Waals surface area contributed by atoms with Crippen LogP contribution in [0.5, 0.6) is 0 Å². The van der Waals surface area contributed by atoms with E-state index in [1.54, 1.807) is 17.0 Å². The lowest BCUT2D eigenvalue weighted by atomic mass is 9.93. The zero-order valence-corrected chi connectivity index (χ0v) is 10.8. The molecule has 0 saturated heterocycles. The monoisotopic (exact) mass is 263 g/mol. The van der Waals surface area contributed by atoms with Gasteiger partial charge in [0.1, 0.15) is 0 Å². The van der Waals surface area contributed by atoms with Crippen molar-refractivity contribution in [1.82, 2.24) is 4.90 Å². The fraction of sp³-hybridized carbons (Fsp3) is 0.125. The Hall–Kier alpha value is -2.80. The van der Waals surface area contributed by atoms with Crippen LogP contribution in [0.3, 0.4) is 0 Å². The zero-order valence-electron chi connectivity index (χ0n) is 10.8. The number of amides is 1. The van der Waals surface area contributed by atoms with Gasteiger partial charge in [-0.15, -0.1) is 0 Å². The third kappa shape index (κ3) is 1.90. The minimum atomic E-state index is -0.437. The van der Waals surface area contributed by atoms with Crippen molar-refractivity contribution in [2.75, 3.05) is 0 Å². The number of nitrogens with zero attached hydrogens (tertiary/aromatic N) is 2. The van der Waals surface area contributed by atoms with Gasteiger partial charge in [0.15, 0.2) is 6.19 Å². The van der Waals surface area contributed by atoms with Crippen LogP contribution >= 0.6 is 0 Å². The second kappa shape index (κ2) is 4.71. The minimum Gasteiger partial charge on any atom is -0.366 e. The van der Waals surface area contributed by atoms with Crippen LogP contribution in [-0.2, 0) is 13.1 Å². The van der Waals surface area contributed by atoms with Crippen LogP contribution in [0, 0.1) is 11.5 Å². The van der Waals surface area contributed by atoms with Gasteiger partial charge in [0, 0.05) is 5.56 Å². The first-order chi connectivity index (χ1) is 9.70. The van der Waals surface area contributed by atoms with Crippen LogP contribution in [-0.4, -0.2) is 10.8 Å². The van der Waals surface area contributed by atoms with E-state index in [1.165, 1.54) is 0 Å². The summed E-state index contributed by atoms with van der Waals surface area (Å²) >= 11 is 0. The molecule has 1 heterocycles. The Morgan fingerprint density at radius 2 is 1.85 bits per heavy atom. The molecule has 0 bridgehead atoms. The van der Waals surface area contributed by atoms with Gasteiger partial charge < -0.3 is 10.6 Å². The van der Waals surface area contributed by atoms with Crippen LogP contribution in [0.15, 0.2) is 42.5 Å². The van der Waals surface area contributed by atoms with E-state index in [4.69, 9.17) is 11.0 Å². The van der Waals surface area contributed by atoms with Crippen molar-refractivity contribution in [1.29, 1.82) is 5.26 Å². The topological polar surface area (TPSA) is 70.1 Å². The average molecular weight is 263 g/mol. The van der Waals surface area contributed by atoms with Crippen molar-refractivity contribution < 1.29 is 4.79 Å². The van der Waals surface area contributed by atoms with Gasteiger partial charge in [-0.1, -0.05) is 36.4 Å². The number of hydrogen-bond donors (Lipinski definition) is 1. The van der Waals surface area contributed by atoms with Crippen LogP contribution in [0.25, 0.3) is 11.1 Å². The smallest absolute Gasteiger partial charge is 0.249 e. The molecule has 0 unspecified atom stereocenters. The predicted molar refractivity (Wildman–Crippen MR) is 75.3 cm³/mol. The number of benzene rings is 2. The van der Waals surface area contributed by atoms with Crippen molar-refractivity contribution in [3.63, 3.8) is 0 Å². The van der Waals surface area contributed by atoms with Gasteiger partial charge in [-0.05, 0) is 28.3 Å². The fourth-order valence-electron chi connectivity index (χ4n) is 2.68. The molecular weight excluding hydrogens is 250 g/mol. The van der Waals surface area contributed by atoms with Gasteiger partial charge in [-0.25, -0.2) is 0 Å². The third-order valence-electron chi connectivity index (χ3n) is 3.61. The van der Waals surface area contributed by atoms with Crippen molar-refractivity contribution in [2.24, 2.45) is 5.73 Å². The fourth-order valence-corrected chi connectivity index (χ4v) is 2.68.